The summed E-state index contributed by atoms with van der Waals surface area (Å²) in [4.78, 5) is 17.9. The van der Waals surface area contributed by atoms with Crippen molar-refractivity contribution in [3.8, 4) is 0 Å². The van der Waals surface area contributed by atoms with E-state index in [1.54, 1.807) is 6.07 Å². The van der Waals surface area contributed by atoms with E-state index in [0.29, 0.717) is 24.0 Å². The van der Waals surface area contributed by atoms with Gasteiger partial charge in [0.05, 0.1) is 6.54 Å². The van der Waals surface area contributed by atoms with Crippen LogP contribution in [0.5, 0.6) is 0 Å². The van der Waals surface area contributed by atoms with E-state index in [1.807, 2.05) is 0 Å². The van der Waals surface area contributed by atoms with Crippen LogP contribution in [-0.2, 0) is 13.0 Å². The number of carbonyl (C=O) groups is 1. The molecule has 2 aromatic rings. The van der Waals surface area contributed by atoms with Crippen LogP contribution in [0, 0.1) is 0 Å². The Morgan fingerprint density at radius 3 is 3.17 bits per heavy atom. The van der Waals surface area contributed by atoms with E-state index < -0.39 is 5.91 Å². The van der Waals surface area contributed by atoms with Gasteiger partial charge in [0.2, 0.25) is 5.89 Å². The average molecular weight is 318 g/mol. The maximum atomic E-state index is 11.2. The van der Waals surface area contributed by atoms with Crippen LogP contribution in [0.2, 0.25) is 0 Å². The quantitative estimate of drug-likeness (QED) is 0.828. The summed E-state index contributed by atoms with van der Waals surface area (Å²) in [5.74, 6) is 1.24. The Balaban J connectivity index is 1.61. The van der Waals surface area contributed by atoms with Crippen molar-refractivity contribution in [3.63, 3.8) is 0 Å². The molecule has 2 aromatic heterocycles. The summed E-state index contributed by atoms with van der Waals surface area (Å²) in [5, 5.41) is 10.9. The molecule has 1 saturated heterocycles. The first-order chi connectivity index (χ1) is 11.2. The summed E-state index contributed by atoms with van der Waals surface area (Å²) in [5.41, 5.74) is 6.51. The van der Waals surface area contributed by atoms with Gasteiger partial charge < -0.3 is 10.3 Å². The Morgan fingerprint density at radius 1 is 1.57 bits per heavy atom. The van der Waals surface area contributed by atoms with Gasteiger partial charge >= 0.3 is 0 Å². The number of rotatable bonds is 6. The lowest BCUT2D eigenvalue weighted by Gasteiger charge is -2.31. The number of nitrogens with zero attached hydrogens (tertiary/aromatic N) is 4. The van der Waals surface area contributed by atoms with E-state index in [-0.39, 0.29) is 0 Å². The van der Waals surface area contributed by atoms with E-state index in [2.05, 4.69) is 32.2 Å². The molecule has 124 valence electrons. The number of H-pyrrole nitrogens is 1. The van der Waals surface area contributed by atoms with Crippen LogP contribution in [0.3, 0.4) is 0 Å². The molecule has 23 heavy (non-hydrogen) atoms. The minimum Gasteiger partial charge on any atom is -0.364 e. The highest BCUT2D eigenvalue weighted by Gasteiger charge is 2.24. The number of likely N-dealkylation sites (tertiary alicyclic amines) is 1. The second-order valence-corrected chi connectivity index (χ2v) is 6.00. The first-order valence-electron chi connectivity index (χ1n) is 8.04. The molecule has 1 amide bonds. The number of aromatic nitrogens is 4. The van der Waals surface area contributed by atoms with Gasteiger partial charge in [0.1, 0.15) is 5.69 Å². The van der Waals surface area contributed by atoms with Gasteiger partial charge in [0, 0.05) is 24.6 Å². The molecule has 3 heterocycles. The van der Waals surface area contributed by atoms with Crippen molar-refractivity contribution in [2.75, 3.05) is 13.1 Å². The fourth-order valence-corrected chi connectivity index (χ4v) is 2.99. The van der Waals surface area contributed by atoms with Gasteiger partial charge in [-0.3, -0.25) is 14.8 Å². The van der Waals surface area contributed by atoms with Crippen molar-refractivity contribution in [1.29, 1.82) is 0 Å². The third-order valence-electron chi connectivity index (χ3n) is 4.13. The number of primary amides is 1. The zero-order valence-corrected chi connectivity index (χ0v) is 13.3. The monoisotopic (exact) mass is 318 g/mol. The summed E-state index contributed by atoms with van der Waals surface area (Å²) in [6.45, 7) is 4.65. The van der Waals surface area contributed by atoms with Crippen LogP contribution < -0.4 is 5.73 Å². The maximum Gasteiger partial charge on any atom is 0.269 e. The highest BCUT2D eigenvalue weighted by atomic mass is 16.5. The van der Waals surface area contributed by atoms with Crippen LogP contribution in [0.4, 0.5) is 0 Å². The summed E-state index contributed by atoms with van der Waals surface area (Å²) in [7, 11) is 0. The van der Waals surface area contributed by atoms with E-state index in [4.69, 9.17) is 10.3 Å². The van der Waals surface area contributed by atoms with Crippen molar-refractivity contribution in [2.45, 2.75) is 45.1 Å². The number of aryl methyl sites for hydroxylation is 1. The smallest absolute Gasteiger partial charge is 0.269 e. The number of hydrogen-bond acceptors (Lipinski definition) is 6. The van der Waals surface area contributed by atoms with Gasteiger partial charge in [-0.1, -0.05) is 12.1 Å². The molecule has 0 spiro atoms. The molecule has 0 radical (unpaired) electrons. The van der Waals surface area contributed by atoms with Crippen LogP contribution in [0.15, 0.2) is 10.6 Å². The molecule has 8 heteroatoms. The highest BCUT2D eigenvalue weighted by Crippen LogP contribution is 2.26. The molecule has 3 rings (SSSR count). The number of amides is 1. The SMILES string of the molecule is CCCc1nc(CN2CCCC(c3cc(C(N)=O)n[nH]3)C2)no1. The molecular formula is C15H22N6O2. The molecule has 3 N–H and O–H groups in total. The van der Waals surface area contributed by atoms with Crippen LogP contribution >= 0.6 is 0 Å². The topological polar surface area (TPSA) is 114 Å². The fraction of sp³-hybridized carbons (Fsp3) is 0.600. The maximum absolute atomic E-state index is 11.2. The Labute approximate surface area is 134 Å². The van der Waals surface area contributed by atoms with E-state index in [0.717, 1.165) is 50.3 Å². The lowest BCUT2D eigenvalue weighted by atomic mass is 9.94. The molecule has 1 atom stereocenters. The predicted molar refractivity (Wildman–Crippen MR) is 82.7 cm³/mol. The normalized spacial score (nSPS) is 19.1. The third-order valence-corrected chi connectivity index (χ3v) is 4.13. The Bertz CT molecular complexity index is 664. The van der Waals surface area contributed by atoms with Crippen molar-refractivity contribution in [2.24, 2.45) is 5.73 Å². The molecule has 0 aromatic carbocycles. The lowest BCUT2D eigenvalue weighted by molar-refractivity contribution is 0.0995. The van der Waals surface area contributed by atoms with Crippen LogP contribution in [0.1, 0.15) is 60.0 Å². The standard InChI is InChI=1S/C15H22N6O2/c1-2-4-14-17-13(20-23-14)9-21-6-3-5-10(8-21)11-7-12(15(16)22)19-18-11/h7,10H,2-6,8-9H2,1H3,(H2,16,22)(H,18,19). The van der Waals surface area contributed by atoms with Gasteiger partial charge in [-0.05, 0) is 31.9 Å². The largest absolute Gasteiger partial charge is 0.364 e. The van der Waals surface area contributed by atoms with Crippen molar-refractivity contribution >= 4 is 5.91 Å². The highest BCUT2D eigenvalue weighted by molar-refractivity contribution is 5.90. The summed E-state index contributed by atoms with van der Waals surface area (Å²) >= 11 is 0. The number of hydrogen-bond donors (Lipinski definition) is 2. The first-order valence-corrected chi connectivity index (χ1v) is 8.04. The summed E-state index contributed by atoms with van der Waals surface area (Å²) < 4.78 is 5.23. The summed E-state index contributed by atoms with van der Waals surface area (Å²) in [6.07, 6.45) is 3.95. The molecule has 1 unspecified atom stereocenters. The molecule has 1 fully saturated rings. The lowest BCUT2D eigenvalue weighted by Crippen LogP contribution is -2.34. The van der Waals surface area contributed by atoms with E-state index in [9.17, 15) is 4.79 Å². The van der Waals surface area contributed by atoms with Gasteiger partial charge in [-0.15, -0.1) is 0 Å². The van der Waals surface area contributed by atoms with Gasteiger partial charge in [0.25, 0.3) is 5.91 Å². The predicted octanol–water partition coefficient (Wildman–Crippen LogP) is 1.22. The number of aromatic amines is 1. The average Bonchev–Trinajstić information content (AvgIpc) is 3.17. The minimum atomic E-state index is -0.504. The van der Waals surface area contributed by atoms with Crippen LogP contribution in [-0.4, -0.2) is 44.2 Å². The number of nitrogens with two attached hydrogens (primary N) is 1. The molecule has 1 aliphatic rings. The fourth-order valence-electron chi connectivity index (χ4n) is 2.99. The Kier molecular flexibility index (Phi) is 4.71. The van der Waals surface area contributed by atoms with E-state index >= 15 is 0 Å². The van der Waals surface area contributed by atoms with E-state index in [1.165, 1.54) is 0 Å². The zero-order valence-electron chi connectivity index (χ0n) is 13.3. The molecular weight excluding hydrogens is 296 g/mol. The number of piperidine rings is 1. The molecule has 0 aliphatic carbocycles. The second kappa shape index (κ2) is 6.91. The minimum absolute atomic E-state index is 0.291. The Morgan fingerprint density at radius 2 is 2.43 bits per heavy atom. The van der Waals surface area contributed by atoms with Gasteiger partial charge in [0.15, 0.2) is 5.82 Å². The molecule has 0 saturated carbocycles. The third kappa shape index (κ3) is 3.76. The number of carbonyl (C=O) groups excluding carboxylic acids is 1. The Hall–Kier alpha value is -2.22. The molecule has 1 aliphatic heterocycles. The second-order valence-electron chi connectivity index (χ2n) is 6.00. The first kappa shape index (κ1) is 15.7. The molecule has 8 nitrogen and oxygen atoms in total. The molecule has 0 bridgehead atoms. The zero-order chi connectivity index (χ0) is 16.2. The van der Waals surface area contributed by atoms with Crippen LogP contribution in [0.25, 0.3) is 0 Å². The van der Waals surface area contributed by atoms with Crippen molar-refractivity contribution in [1.82, 2.24) is 25.2 Å². The summed E-state index contributed by atoms with van der Waals surface area (Å²) in [6, 6.07) is 1.75. The van der Waals surface area contributed by atoms with Gasteiger partial charge in [-0.2, -0.15) is 10.1 Å². The van der Waals surface area contributed by atoms with Gasteiger partial charge in [-0.25, -0.2) is 0 Å². The van der Waals surface area contributed by atoms with Crippen molar-refractivity contribution in [3.05, 3.63) is 29.2 Å². The number of nitrogens with one attached hydrogen (secondary N) is 1. The van der Waals surface area contributed by atoms with Crippen molar-refractivity contribution < 1.29 is 9.32 Å².